The molecule has 2 aromatic rings. The fourth-order valence-corrected chi connectivity index (χ4v) is 2.75. The van der Waals surface area contributed by atoms with Crippen LogP contribution in [0.4, 0.5) is 11.6 Å². The molecule has 0 aliphatic carbocycles. The van der Waals surface area contributed by atoms with Gasteiger partial charge in [-0.05, 0) is 37.1 Å². The molecule has 25 heavy (non-hydrogen) atoms. The van der Waals surface area contributed by atoms with Crippen LogP contribution < -0.4 is 10.2 Å². The van der Waals surface area contributed by atoms with E-state index < -0.39 is 11.8 Å². The van der Waals surface area contributed by atoms with Gasteiger partial charge >= 0.3 is 11.8 Å². The molecule has 2 amide bonds. The van der Waals surface area contributed by atoms with Crippen molar-refractivity contribution in [1.29, 1.82) is 0 Å². The normalized spacial score (nSPS) is 14.3. The number of benzene rings is 1. The monoisotopic (exact) mass is 339 g/mol. The number of piperazine rings is 1. The number of aryl methyl sites for hydroxylation is 2. The lowest BCUT2D eigenvalue weighted by Gasteiger charge is -2.34. The van der Waals surface area contributed by atoms with Gasteiger partial charge in [-0.15, -0.1) is 0 Å². The zero-order valence-corrected chi connectivity index (χ0v) is 14.4. The van der Waals surface area contributed by atoms with Gasteiger partial charge in [0.25, 0.3) is 0 Å². The fraction of sp³-hybridized carbons (Fsp3) is 0.333. The third-order valence-electron chi connectivity index (χ3n) is 4.24. The molecule has 3 rings (SSSR count). The Balaban J connectivity index is 1.58. The van der Waals surface area contributed by atoms with E-state index in [1.807, 2.05) is 36.9 Å². The number of hydrogen-bond acceptors (Lipinski definition) is 5. The lowest BCUT2D eigenvalue weighted by molar-refractivity contribution is -0.143. The minimum atomic E-state index is -0.599. The Morgan fingerprint density at radius 2 is 1.72 bits per heavy atom. The van der Waals surface area contributed by atoms with E-state index in [1.54, 1.807) is 23.4 Å². The molecule has 1 aliphatic heterocycles. The van der Waals surface area contributed by atoms with Crippen LogP contribution in [0.3, 0.4) is 0 Å². The number of hydrogen-bond donors (Lipinski definition) is 1. The van der Waals surface area contributed by atoms with E-state index in [2.05, 4.69) is 15.3 Å². The van der Waals surface area contributed by atoms with Gasteiger partial charge in [-0.2, -0.15) is 0 Å². The van der Waals surface area contributed by atoms with Gasteiger partial charge in [0, 0.05) is 44.3 Å². The summed E-state index contributed by atoms with van der Waals surface area (Å²) < 4.78 is 0. The highest BCUT2D eigenvalue weighted by molar-refractivity contribution is 6.39. The Kier molecular flexibility index (Phi) is 4.92. The van der Waals surface area contributed by atoms with Crippen LogP contribution in [0.25, 0.3) is 0 Å². The summed E-state index contributed by atoms with van der Waals surface area (Å²) in [6, 6.07) is 7.53. The van der Waals surface area contributed by atoms with Crippen LogP contribution in [0.1, 0.15) is 11.1 Å². The van der Waals surface area contributed by atoms with E-state index in [4.69, 9.17) is 0 Å². The maximum absolute atomic E-state index is 12.4. The molecule has 0 unspecified atom stereocenters. The van der Waals surface area contributed by atoms with Gasteiger partial charge in [-0.25, -0.2) is 9.97 Å². The predicted molar refractivity (Wildman–Crippen MR) is 95.4 cm³/mol. The number of carbonyl (C=O) groups is 2. The van der Waals surface area contributed by atoms with E-state index in [-0.39, 0.29) is 0 Å². The SMILES string of the molecule is Cc1ccc(C)c(NC(=O)C(=O)N2CCN(c3ncccn3)CC2)c1. The van der Waals surface area contributed by atoms with Crippen LogP contribution in [0, 0.1) is 13.8 Å². The molecule has 1 aliphatic rings. The predicted octanol–water partition coefficient (Wildman–Crippen LogP) is 1.38. The molecule has 130 valence electrons. The van der Waals surface area contributed by atoms with Crippen molar-refractivity contribution in [2.24, 2.45) is 0 Å². The smallest absolute Gasteiger partial charge is 0.313 e. The average molecular weight is 339 g/mol. The summed E-state index contributed by atoms with van der Waals surface area (Å²) in [5.74, 6) is -0.456. The molecule has 0 spiro atoms. The minimum absolute atomic E-state index is 0.470. The highest BCUT2D eigenvalue weighted by Gasteiger charge is 2.27. The minimum Gasteiger partial charge on any atom is -0.337 e. The number of carbonyl (C=O) groups excluding carboxylic acids is 2. The molecule has 1 aromatic heterocycles. The van der Waals surface area contributed by atoms with Crippen molar-refractivity contribution < 1.29 is 9.59 Å². The van der Waals surface area contributed by atoms with Crippen LogP contribution >= 0.6 is 0 Å². The third kappa shape index (κ3) is 3.93. The number of rotatable bonds is 2. The second kappa shape index (κ2) is 7.29. The maximum Gasteiger partial charge on any atom is 0.313 e. The van der Waals surface area contributed by atoms with E-state index in [1.165, 1.54) is 0 Å². The van der Waals surface area contributed by atoms with E-state index in [9.17, 15) is 9.59 Å². The molecule has 1 N–H and O–H groups in total. The number of nitrogens with zero attached hydrogens (tertiary/aromatic N) is 4. The molecule has 0 bridgehead atoms. The van der Waals surface area contributed by atoms with Gasteiger partial charge in [0.05, 0.1) is 0 Å². The van der Waals surface area contributed by atoms with Crippen molar-refractivity contribution in [3.8, 4) is 0 Å². The topological polar surface area (TPSA) is 78.4 Å². The number of anilines is 2. The van der Waals surface area contributed by atoms with Gasteiger partial charge in [0.15, 0.2) is 0 Å². The molecule has 7 heteroatoms. The second-order valence-corrected chi connectivity index (χ2v) is 6.10. The quantitative estimate of drug-likeness (QED) is 0.837. The van der Waals surface area contributed by atoms with Gasteiger partial charge in [-0.1, -0.05) is 12.1 Å². The van der Waals surface area contributed by atoms with Crippen molar-refractivity contribution in [2.75, 3.05) is 36.4 Å². The molecule has 0 atom stereocenters. The largest absolute Gasteiger partial charge is 0.337 e. The van der Waals surface area contributed by atoms with Crippen molar-refractivity contribution in [3.63, 3.8) is 0 Å². The summed E-state index contributed by atoms with van der Waals surface area (Å²) in [7, 11) is 0. The summed E-state index contributed by atoms with van der Waals surface area (Å²) in [6.45, 7) is 5.99. The molecule has 1 fully saturated rings. The molecule has 1 aromatic carbocycles. The first-order valence-electron chi connectivity index (χ1n) is 8.24. The first-order valence-corrected chi connectivity index (χ1v) is 8.24. The van der Waals surface area contributed by atoms with E-state index in [0.717, 1.165) is 11.1 Å². The molecular formula is C18H21N5O2. The third-order valence-corrected chi connectivity index (χ3v) is 4.24. The summed E-state index contributed by atoms with van der Waals surface area (Å²) in [6.07, 6.45) is 3.38. The molecule has 0 saturated carbocycles. The highest BCUT2D eigenvalue weighted by atomic mass is 16.2. The highest BCUT2D eigenvalue weighted by Crippen LogP contribution is 2.17. The zero-order valence-electron chi connectivity index (χ0n) is 14.4. The Labute approximate surface area is 146 Å². The zero-order chi connectivity index (χ0) is 17.8. The standard InChI is InChI=1S/C18H21N5O2/c1-13-4-5-14(2)15(12-13)21-16(24)17(25)22-8-10-23(11-9-22)18-19-6-3-7-20-18/h3-7,12H,8-11H2,1-2H3,(H,21,24). The molecule has 2 heterocycles. The van der Waals surface area contributed by atoms with Crippen molar-refractivity contribution in [3.05, 3.63) is 47.8 Å². The Morgan fingerprint density at radius 1 is 1.04 bits per heavy atom. The summed E-state index contributed by atoms with van der Waals surface area (Å²) >= 11 is 0. The van der Waals surface area contributed by atoms with Crippen LogP contribution in [-0.2, 0) is 9.59 Å². The number of aromatic nitrogens is 2. The summed E-state index contributed by atoms with van der Waals surface area (Å²) in [5.41, 5.74) is 2.64. The van der Waals surface area contributed by atoms with Gasteiger partial charge < -0.3 is 15.1 Å². The Morgan fingerprint density at radius 3 is 2.40 bits per heavy atom. The van der Waals surface area contributed by atoms with Gasteiger partial charge in [-0.3, -0.25) is 9.59 Å². The average Bonchev–Trinajstić information content (AvgIpc) is 2.65. The molecule has 1 saturated heterocycles. The van der Waals surface area contributed by atoms with E-state index in [0.29, 0.717) is 37.8 Å². The van der Waals surface area contributed by atoms with Crippen LogP contribution in [-0.4, -0.2) is 52.9 Å². The summed E-state index contributed by atoms with van der Waals surface area (Å²) in [4.78, 5) is 36.7. The molecule has 7 nitrogen and oxygen atoms in total. The van der Waals surface area contributed by atoms with Crippen molar-refractivity contribution >= 4 is 23.5 Å². The maximum atomic E-state index is 12.4. The molecular weight excluding hydrogens is 318 g/mol. The van der Waals surface area contributed by atoms with Crippen LogP contribution in [0.2, 0.25) is 0 Å². The second-order valence-electron chi connectivity index (χ2n) is 6.10. The van der Waals surface area contributed by atoms with Gasteiger partial charge in [0.2, 0.25) is 5.95 Å². The lowest BCUT2D eigenvalue weighted by atomic mass is 10.1. The van der Waals surface area contributed by atoms with Crippen molar-refractivity contribution in [2.45, 2.75) is 13.8 Å². The lowest BCUT2D eigenvalue weighted by Crippen LogP contribution is -2.52. The molecule has 0 radical (unpaired) electrons. The van der Waals surface area contributed by atoms with E-state index >= 15 is 0 Å². The number of amides is 2. The first kappa shape index (κ1) is 16.9. The van der Waals surface area contributed by atoms with Crippen LogP contribution in [0.5, 0.6) is 0 Å². The first-order chi connectivity index (χ1) is 12.0. The fourth-order valence-electron chi connectivity index (χ4n) is 2.75. The van der Waals surface area contributed by atoms with Crippen LogP contribution in [0.15, 0.2) is 36.7 Å². The number of nitrogens with one attached hydrogen (secondary N) is 1. The summed E-state index contributed by atoms with van der Waals surface area (Å²) in [5, 5.41) is 2.72. The Hall–Kier alpha value is -2.96. The Bertz CT molecular complexity index is 770. The van der Waals surface area contributed by atoms with Gasteiger partial charge in [0.1, 0.15) is 0 Å². The van der Waals surface area contributed by atoms with Crippen molar-refractivity contribution in [1.82, 2.24) is 14.9 Å².